The van der Waals surface area contributed by atoms with Gasteiger partial charge < -0.3 is 15.6 Å². The number of nitrogens with zero attached hydrogens (tertiary/aromatic N) is 3. The average molecular weight is 427 g/mol. The Morgan fingerprint density at radius 1 is 1.11 bits per heavy atom. The topological polar surface area (TPSA) is 78.5 Å². The highest BCUT2D eigenvalue weighted by Gasteiger charge is 2.15. The van der Waals surface area contributed by atoms with E-state index >= 15 is 0 Å². The van der Waals surface area contributed by atoms with Gasteiger partial charge in [0, 0.05) is 31.5 Å². The van der Waals surface area contributed by atoms with Gasteiger partial charge in [-0.15, -0.1) is 24.8 Å². The van der Waals surface area contributed by atoms with Crippen molar-refractivity contribution in [3.63, 3.8) is 0 Å². The fourth-order valence-corrected chi connectivity index (χ4v) is 3.43. The minimum atomic E-state index is -0.247. The zero-order chi connectivity index (χ0) is 17.9. The van der Waals surface area contributed by atoms with Crippen molar-refractivity contribution in [2.45, 2.75) is 32.6 Å². The van der Waals surface area contributed by atoms with Crippen molar-refractivity contribution in [2.24, 2.45) is 0 Å². The summed E-state index contributed by atoms with van der Waals surface area (Å²) in [4.78, 5) is 16.9. The Balaban J connectivity index is 0.00000140. The third-order valence-electron chi connectivity index (χ3n) is 4.67. The summed E-state index contributed by atoms with van der Waals surface area (Å²) in [7, 11) is 0. The molecule has 3 N–H and O–H groups in total. The third-order valence-corrected chi connectivity index (χ3v) is 4.67. The summed E-state index contributed by atoms with van der Waals surface area (Å²) < 4.78 is 13.3. The van der Waals surface area contributed by atoms with Crippen molar-refractivity contribution in [3.05, 3.63) is 46.9 Å². The van der Waals surface area contributed by atoms with Gasteiger partial charge in [-0.3, -0.25) is 0 Å². The van der Waals surface area contributed by atoms with Crippen LogP contribution in [0.1, 0.15) is 29.3 Å². The van der Waals surface area contributed by atoms with E-state index in [1.54, 1.807) is 6.07 Å². The third kappa shape index (κ3) is 5.10. The van der Waals surface area contributed by atoms with E-state index in [2.05, 4.69) is 30.6 Å². The van der Waals surface area contributed by atoms with Gasteiger partial charge in [0.1, 0.15) is 23.3 Å². The summed E-state index contributed by atoms with van der Waals surface area (Å²) in [6.45, 7) is 4.68. The number of halogens is 3. The van der Waals surface area contributed by atoms with Crippen LogP contribution >= 0.6 is 24.8 Å². The minimum Gasteiger partial charge on any atom is -0.370 e. The van der Waals surface area contributed by atoms with Gasteiger partial charge in [0.25, 0.3) is 0 Å². The van der Waals surface area contributed by atoms with E-state index in [9.17, 15) is 4.39 Å². The number of imidazole rings is 1. The van der Waals surface area contributed by atoms with Crippen LogP contribution in [0.4, 0.5) is 10.2 Å². The fraction of sp³-hybridized carbons (Fsp3) is 0.421. The van der Waals surface area contributed by atoms with E-state index in [1.807, 2.05) is 6.92 Å². The van der Waals surface area contributed by atoms with Crippen LogP contribution in [0.15, 0.2) is 18.2 Å². The summed E-state index contributed by atoms with van der Waals surface area (Å²) in [6, 6.07) is 4.62. The molecule has 0 amide bonds. The van der Waals surface area contributed by atoms with Crippen LogP contribution < -0.4 is 10.6 Å². The zero-order valence-corrected chi connectivity index (χ0v) is 17.4. The van der Waals surface area contributed by atoms with Crippen LogP contribution in [0.25, 0.3) is 11.0 Å². The molecule has 0 spiro atoms. The molecule has 152 valence electrons. The number of benzene rings is 1. The van der Waals surface area contributed by atoms with E-state index in [0.717, 1.165) is 79.5 Å². The van der Waals surface area contributed by atoms with Crippen molar-refractivity contribution in [1.82, 2.24) is 25.3 Å². The molecular weight excluding hydrogens is 402 g/mol. The predicted molar refractivity (Wildman–Crippen MR) is 114 cm³/mol. The van der Waals surface area contributed by atoms with E-state index in [-0.39, 0.29) is 30.6 Å². The molecule has 3 heterocycles. The minimum absolute atomic E-state index is 0. The number of aromatic nitrogens is 4. The number of hydrogen-bond acceptors (Lipinski definition) is 5. The predicted octanol–water partition coefficient (Wildman–Crippen LogP) is 3.38. The average Bonchev–Trinajstić information content (AvgIpc) is 2.86. The first-order valence-electron chi connectivity index (χ1n) is 9.14. The van der Waals surface area contributed by atoms with Crippen LogP contribution in [-0.4, -0.2) is 39.6 Å². The molecule has 1 aliphatic rings. The first kappa shape index (κ1) is 22.3. The Bertz CT molecular complexity index is 930. The molecule has 0 bridgehead atoms. The standard InChI is InChI=1S/C19H23FN6.2ClH/c1-12-23-15-7-10-21-9-6-14(15)19(24-12)22-8-2-3-18-25-16-5-4-13(20)11-17(16)26-18;;/h4-5,11,21H,2-3,6-10H2,1H3,(H,25,26)(H,22,23,24);2*1H. The van der Waals surface area contributed by atoms with Gasteiger partial charge >= 0.3 is 0 Å². The van der Waals surface area contributed by atoms with E-state index in [1.165, 1.54) is 17.7 Å². The molecular formula is C19H25Cl2FN6. The molecule has 0 saturated heterocycles. The Morgan fingerprint density at radius 3 is 2.79 bits per heavy atom. The number of hydrogen-bond donors (Lipinski definition) is 3. The Labute approximate surface area is 176 Å². The molecule has 28 heavy (non-hydrogen) atoms. The maximum absolute atomic E-state index is 13.3. The maximum Gasteiger partial charge on any atom is 0.133 e. The van der Waals surface area contributed by atoms with Gasteiger partial charge in [0.15, 0.2) is 0 Å². The molecule has 4 rings (SSSR count). The van der Waals surface area contributed by atoms with Gasteiger partial charge in [-0.05, 0) is 44.5 Å². The van der Waals surface area contributed by atoms with Crippen molar-refractivity contribution in [1.29, 1.82) is 0 Å². The number of fused-ring (bicyclic) bond motifs is 2. The molecule has 6 nitrogen and oxygen atoms in total. The van der Waals surface area contributed by atoms with Crippen LogP contribution in [-0.2, 0) is 19.3 Å². The molecule has 0 radical (unpaired) electrons. The highest BCUT2D eigenvalue weighted by atomic mass is 35.5. The molecule has 1 aromatic carbocycles. The quantitative estimate of drug-likeness (QED) is 0.545. The van der Waals surface area contributed by atoms with Crippen LogP contribution in [0.2, 0.25) is 0 Å². The van der Waals surface area contributed by atoms with Gasteiger partial charge in [0.05, 0.1) is 16.7 Å². The van der Waals surface area contributed by atoms with Crippen LogP contribution in [0, 0.1) is 12.7 Å². The van der Waals surface area contributed by atoms with Gasteiger partial charge in [-0.1, -0.05) is 0 Å². The summed E-state index contributed by atoms with van der Waals surface area (Å²) in [5, 5.41) is 6.89. The lowest BCUT2D eigenvalue weighted by atomic mass is 10.1. The summed E-state index contributed by atoms with van der Waals surface area (Å²) >= 11 is 0. The maximum atomic E-state index is 13.3. The molecule has 3 aromatic rings. The van der Waals surface area contributed by atoms with E-state index < -0.39 is 0 Å². The second-order valence-electron chi connectivity index (χ2n) is 6.67. The molecule has 0 unspecified atom stereocenters. The van der Waals surface area contributed by atoms with Crippen molar-refractivity contribution < 1.29 is 4.39 Å². The van der Waals surface area contributed by atoms with Crippen molar-refractivity contribution in [3.8, 4) is 0 Å². The SMILES string of the molecule is Cc1nc2c(c(NCCCc3nc4ccc(F)cc4[nH]3)n1)CCNCC2.Cl.Cl. The second-order valence-corrected chi connectivity index (χ2v) is 6.67. The number of anilines is 1. The number of aryl methyl sites for hydroxylation is 2. The summed E-state index contributed by atoms with van der Waals surface area (Å²) in [5.41, 5.74) is 3.94. The monoisotopic (exact) mass is 426 g/mol. The molecule has 0 fully saturated rings. The highest BCUT2D eigenvalue weighted by Crippen LogP contribution is 2.20. The number of H-pyrrole nitrogens is 1. The Morgan fingerprint density at radius 2 is 1.93 bits per heavy atom. The van der Waals surface area contributed by atoms with Gasteiger partial charge in [0.2, 0.25) is 0 Å². The highest BCUT2D eigenvalue weighted by molar-refractivity contribution is 5.85. The summed E-state index contributed by atoms with van der Waals surface area (Å²) in [6.07, 6.45) is 3.62. The van der Waals surface area contributed by atoms with Gasteiger partial charge in [-0.25, -0.2) is 19.3 Å². The second kappa shape index (κ2) is 10.0. The van der Waals surface area contributed by atoms with E-state index in [0.29, 0.717) is 0 Å². The van der Waals surface area contributed by atoms with Crippen molar-refractivity contribution in [2.75, 3.05) is 25.0 Å². The molecule has 1 aliphatic heterocycles. The lowest BCUT2D eigenvalue weighted by molar-refractivity contribution is 0.629. The first-order chi connectivity index (χ1) is 12.7. The van der Waals surface area contributed by atoms with Crippen molar-refractivity contribution >= 4 is 41.7 Å². The zero-order valence-electron chi connectivity index (χ0n) is 15.7. The number of nitrogens with one attached hydrogen (secondary N) is 3. The summed E-state index contributed by atoms with van der Waals surface area (Å²) in [5.74, 6) is 2.41. The number of aromatic amines is 1. The molecule has 2 aromatic heterocycles. The van der Waals surface area contributed by atoms with Crippen LogP contribution in [0.3, 0.4) is 0 Å². The molecule has 0 aliphatic carbocycles. The lowest BCUT2D eigenvalue weighted by Crippen LogP contribution is -2.16. The Hall–Kier alpha value is -1.96. The molecule has 0 saturated carbocycles. The molecule has 9 heteroatoms. The normalized spacial score (nSPS) is 13.2. The Kier molecular flexibility index (Phi) is 7.98. The smallest absolute Gasteiger partial charge is 0.133 e. The van der Waals surface area contributed by atoms with E-state index in [4.69, 9.17) is 0 Å². The van der Waals surface area contributed by atoms with Crippen LogP contribution in [0.5, 0.6) is 0 Å². The fourth-order valence-electron chi connectivity index (χ4n) is 3.43. The van der Waals surface area contributed by atoms with Gasteiger partial charge in [-0.2, -0.15) is 0 Å². The first-order valence-corrected chi connectivity index (χ1v) is 9.14. The molecule has 0 atom stereocenters. The largest absolute Gasteiger partial charge is 0.370 e. The number of rotatable bonds is 5. The lowest BCUT2D eigenvalue weighted by Gasteiger charge is -2.13.